The lowest BCUT2D eigenvalue weighted by atomic mass is 9.93. The number of hydrogen-bond donors (Lipinski definition) is 1. The quantitative estimate of drug-likeness (QED) is 0.800. The Bertz CT molecular complexity index is 474. The third-order valence-corrected chi connectivity index (χ3v) is 3.44. The van der Waals surface area contributed by atoms with E-state index < -0.39 is 30.7 Å². The largest absolute Gasteiger partial charge is 0.496 e. The number of halogens is 7. The molecule has 0 aliphatic rings. The number of hydrogen-bond acceptors (Lipinski definition) is 2. The van der Waals surface area contributed by atoms with Crippen molar-refractivity contribution in [2.45, 2.75) is 24.8 Å². The maximum atomic E-state index is 12.5. The highest BCUT2D eigenvalue weighted by Crippen LogP contribution is 2.41. The molecule has 120 valence electrons. The number of nitrogens with two attached hydrogens (primary N) is 1. The fourth-order valence-electron chi connectivity index (χ4n) is 1.90. The van der Waals surface area contributed by atoms with Crippen molar-refractivity contribution in [1.29, 1.82) is 0 Å². The molecule has 2 N–H and O–H groups in total. The summed E-state index contributed by atoms with van der Waals surface area (Å²) in [6, 6.07) is 2.06. The summed E-state index contributed by atoms with van der Waals surface area (Å²) >= 11 is 3.10. The maximum absolute atomic E-state index is 12.5. The number of methoxy groups -OCH3 is 1. The van der Waals surface area contributed by atoms with E-state index in [9.17, 15) is 26.3 Å². The number of ether oxygens (including phenoxy) is 1. The zero-order chi connectivity index (χ0) is 16.4. The number of alkyl halides is 6. The van der Waals surface area contributed by atoms with Gasteiger partial charge in [-0.2, -0.15) is 26.3 Å². The first-order valence-corrected chi connectivity index (χ1v) is 6.47. The van der Waals surface area contributed by atoms with Crippen LogP contribution in [0.1, 0.15) is 5.56 Å². The zero-order valence-electron chi connectivity index (χ0n) is 10.7. The molecule has 2 nitrogen and oxygen atoms in total. The molecular weight excluding hydrogens is 368 g/mol. The third kappa shape index (κ3) is 4.77. The van der Waals surface area contributed by atoms with Gasteiger partial charge in [0.2, 0.25) is 0 Å². The Morgan fingerprint density at radius 3 is 2.05 bits per heavy atom. The van der Waals surface area contributed by atoms with Crippen molar-refractivity contribution in [3.63, 3.8) is 0 Å². The van der Waals surface area contributed by atoms with Crippen LogP contribution in [-0.2, 0) is 6.42 Å². The molecule has 0 fully saturated rings. The van der Waals surface area contributed by atoms with Crippen LogP contribution in [0.15, 0.2) is 22.7 Å². The van der Waals surface area contributed by atoms with Gasteiger partial charge in [0.25, 0.3) is 0 Å². The molecule has 0 aliphatic heterocycles. The van der Waals surface area contributed by atoms with E-state index in [4.69, 9.17) is 10.5 Å². The van der Waals surface area contributed by atoms with Crippen LogP contribution in [0.2, 0.25) is 0 Å². The Kier molecular flexibility index (Phi) is 5.54. The smallest absolute Gasteiger partial charge is 0.402 e. The lowest BCUT2D eigenvalue weighted by Gasteiger charge is -2.28. The second-order valence-corrected chi connectivity index (χ2v) is 5.25. The second-order valence-electron chi connectivity index (χ2n) is 4.40. The second kappa shape index (κ2) is 6.43. The van der Waals surface area contributed by atoms with Gasteiger partial charge in [-0.05, 0) is 40.0 Å². The molecule has 0 saturated carbocycles. The molecule has 0 saturated heterocycles. The molecule has 0 amide bonds. The molecular formula is C12H12BrF6NO. The monoisotopic (exact) mass is 379 g/mol. The molecule has 0 aromatic heterocycles. The van der Waals surface area contributed by atoms with Gasteiger partial charge in [0.05, 0.1) is 11.6 Å². The van der Waals surface area contributed by atoms with E-state index in [1.807, 2.05) is 0 Å². The molecule has 0 radical (unpaired) electrons. The molecule has 0 aliphatic carbocycles. The van der Waals surface area contributed by atoms with Crippen LogP contribution in [-0.4, -0.2) is 25.5 Å². The fourth-order valence-corrected chi connectivity index (χ4v) is 2.49. The summed E-state index contributed by atoms with van der Waals surface area (Å²) in [7, 11) is 1.38. The van der Waals surface area contributed by atoms with Crippen molar-refractivity contribution in [3.8, 4) is 5.75 Å². The van der Waals surface area contributed by atoms with Gasteiger partial charge in [-0.25, -0.2) is 0 Å². The molecule has 9 heteroatoms. The van der Waals surface area contributed by atoms with Gasteiger partial charge in [-0.1, -0.05) is 6.07 Å². The van der Waals surface area contributed by atoms with Gasteiger partial charge < -0.3 is 10.5 Å². The average molecular weight is 380 g/mol. The average Bonchev–Trinajstić information content (AvgIpc) is 2.24. The molecule has 1 aromatic rings. The fraction of sp³-hybridized carbons (Fsp3) is 0.500. The highest BCUT2D eigenvalue weighted by Gasteiger charge is 2.59. The Morgan fingerprint density at radius 1 is 1.14 bits per heavy atom. The minimum atomic E-state index is -5.44. The molecule has 0 heterocycles. The summed E-state index contributed by atoms with van der Waals surface area (Å²) in [5, 5.41) is 0. The summed E-state index contributed by atoms with van der Waals surface area (Å²) in [5.74, 6) is -3.15. The summed E-state index contributed by atoms with van der Waals surface area (Å²) < 4.78 is 80.6. The number of benzene rings is 1. The molecule has 0 bridgehead atoms. The van der Waals surface area contributed by atoms with Gasteiger partial charge >= 0.3 is 12.4 Å². The van der Waals surface area contributed by atoms with E-state index in [1.165, 1.54) is 25.3 Å². The predicted octanol–water partition coefficient (Wildman–Crippen LogP) is 4.07. The molecule has 1 rings (SSSR count). The van der Waals surface area contributed by atoms with Crippen molar-refractivity contribution in [3.05, 3.63) is 28.2 Å². The lowest BCUT2D eigenvalue weighted by molar-refractivity contribution is -0.289. The van der Waals surface area contributed by atoms with Crippen molar-refractivity contribution >= 4 is 15.9 Å². The van der Waals surface area contributed by atoms with Gasteiger partial charge in [0.15, 0.2) is 5.92 Å². The summed E-state index contributed by atoms with van der Waals surface area (Å²) in [6.07, 6.45) is -11.4. The Morgan fingerprint density at radius 2 is 1.67 bits per heavy atom. The molecule has 0 spiro atoms. The Hall–Kier alpha value is -0.960. The van der Waals surface area contributed by atoms with E-state index in [-0.39, 0.29) is 5.56 Å². The minimum absolute atomic E-state index is 0.244. The molecule has 1 aromatic carbocycles. The van der Waals surface area contributed by atoms with Gasteiger partial charge in [0.1, 0.15) is 5.75 Å². The first-order valence-electron chi connectivity index (χ1n) is 5.68. The van der Waals surface area contributed by atoms with Crippen LogP contribution >= 0.6 is 15.9 Å². The van der Waals surface area contributed by atoms with E-state index in [1.54, 1.807) is 0 Å². The predicted molar refractivity (Wildman–Crippen MR) is 68.0 cm³/mol. The van der Waals surface area contributed by atoms with Crippen molar-refractivity contribution in [1.82, 2.24) is 0 Å². The summed E-state index contributed by atoms with van der Waals surface area (Å²) in [6.45, 7) is 0. The Labute approximate surface area is 125 Å². The number of rotatable bonds is 4. The minimum Gasteiger partial charge on any atom is -0.496 e. The van der Waals surface area contributed by atoms with E-state index >= 15 is 0 Å². The normalized spacial score (nSPS) is 14.4. The van der Waals surface area contributed by atoms with Crippen LogP contribution in [0.3, 0.4) is 0 Å². The van der Waals surface area contributed by atoms with Crippen LogP contribution in [0.5, 0.6) is 5.75 Å². The van der Waals surface area contributed by atoms with E-state index in [2.05, 4.69) is 15.9 Å². The van der Waals surface area contributed by atoms with E-state index in [0.717, 1.165) is 0 Å². The van der Waals surface area contributed by atoms with Crippen molar-refractivity contribution < 1.29 is 31.1 Å². The van der Waals surface area contributed by atoms with Crippen LogP contribution in [0.4, 0.5) is 26.3 Å². The highest BCUT2D eigenvalue weighted by atomic mass is 79.9. The van der Waals surface area contributed by atoms with Gasteiger partial charge in [-0.15, -0.1) is 0 Å². The topological polar surface area (TPSA) is 35.2 Å². The standard InChI is InChI=1S/C12H12BrF6NO/c1-21-9-3-2-6(4-7(9)13)5-8(20)10(11(14,15)16)12(17,18)19/h2-4,8,10H,5,20H2,1H3. The lowest BCUT2D eigenvalue weighted by Crippen LogP contribution is -2.49. The van der Waals surface area contributed by atoms with Crippen LogP contribution in [0, 0.1) is 5.92 Å². The van der Waals surface area contributed by atoms with Gasteiger partial charge in [-0.3, -0.25) is 0 Å². The SMILES string of the molecule is COc1ccc(CC(N)C(C(F)(F)F)C(F)(F)F)cc1Br. The Balaban J connectivity index is 2.97. The maximum Gasteiger partial charge on any atom is 0.402 e. The van der Waals surface area contributed by atoms with Crippen molar-refractivity contribution in [2.75, 3.05) is 7.11 Å². The molecule has 1 atom stereocenters. The molecule has 1 unspecified atom stereocenters. The highest BCUT2D eigenvalue weighted by molar-refractivity contribution is 9.10. The van der Waals surface area contributed by atoms with Crippen molar-refractivity contribution in [2.24, 2.45) is 11.7 Å². The molecule has 21 heavy (non-hydrogen) atoms. The first kappa shape index (κ1) is 18.1. The third-order valence-electron chi connectivity index (χ3n) is 2.82. The van der Waals surface area contributed by atoms with E-state index in [0.29, 0.717) is 10.2 Å². The summed E-state index contributed by atoms with van der Waals surface area (Å²) in [5.41, 5.74) is 5.40. The van der Waals surface area contributed by atoms with Gasteiger partial charge in [0, 0.05) is 6.04 Å². The zero-order valence-corrected chi connectivity index (χ0v) is 12.3. The van der Waals surface area contributed by atoms with Crippen LogP contribution < -0.4 is 10.5 Å². The summed E-state index contributed by atoms with van der Waals surface area (Å²) in [4.78, 5) is 0. The van der Waals surface area contributed by atoms with Crippen LogP contribution in [0.25, 0.3) is 0 Å². The first-order chi connectivity index (χ1) is 9.46.